The summed E-state index contributed by atoms with van der Waals surface area (Å²) in [5.41, 5.74) is 0.631. The predicted octanol–water partition coefficient (Wildman–Crippen LogP) is 2.67. The zero-order valence-electron chi connectivity index (χ0n) is 12.1. The molecular formula is C16H20N2O2. The van der Waals surface area contributed by atoms with Crippen LogP contribution < -0.4 is 5.32 Å². The van der Waals surface area contributed by atoms with Gasteiger partial charge in [-0.1, -0.05) is 24.3 Å². The Hall–Kier alpha value is -1.94. The van der Waals surface area contributed by atoms with Gasteiger partial charge in [-0.05, 0) is 31.7 Å². The molecule has 0 fully saturated rings. The molecule has 0 saturated carbocycles. The fourth-order valence-electron chi connectivity index (χ4n) is 2.00. The third-order valence-electron chi connectivity index (χ3n) is 2.76. The Kier molecular flexibility index (Phi) is 4.35. The molecule has 0 spiro atoms. The highest BCUT2D eigenvalue weighted by atomic mass is 16.6. The van der Waals surface area contributed by atoms with Gasteiger partial charge < -0.3 is 10.1 Å². The monoisotopic (exact) mass is 272 g/mol. The molecule has 0 bridgehead atoms. The highest BCUT2D eigenvalue weighted by Gasteiger charge is 2.15. The minimum absolute atomic E-state index is 0.195. The van der Waals surface area contributed by atoms with Gasteiger partial charge in [0.25, 0.3) is 0 Å². The minimum atomic E-state index is -0.445. The van der Waals surface area contributed by atoms with Gasteiger partial charge >= 0.3 is 5.97 Å². The van der Waals surface area contributed by atoms with Crippen molar-refractivity contribution in [1.82, 2.24) is 10.3 Å². The highest BCUT2D eigenvalue weighted by molar-refractivity contribution is 5.84. The second-order valence-electron chi connectivity index (χ2n) is 5.71. The van der Waals surface area contributed by atoms with Gasteiger partial charge in [0.1, 0.15) is 5.60 Å². The van der Waals surface area contributed by atoms with Crippen LogP contribution in [0.15, 0.2) is 36.7 Å². The average molecular weight is 272 g/mol. The van der Waals surface area contributed by atoms with Crippen molar-refractivity contribution in [2.24, 2.45) is 0 Å². The predicted molar refractivity (Wildman–Crippen MR) is 79.3 cm³/mol. The molecule has 0 aliphatic carbocycles. The van der Waals surface area contributed by atoms with Crippen LogP contribution in [-0.4, -0.2) is 23.1 Å². The van der Waals surface area contributed by atoms with E-state index in [9.17, 15) is 4.79 Å². The van der Waals surface area contributed by atoms with Gasteiger partial charge in [-0.3, -0.25) is 9.78 Å². The molecule has 20 heavy (non-hydrogen) atoms. The van der Waals surface area contributed by atoms with Crippen molar-refractivity contribution in [3.63, 3.8) is 0 Å². The first-order valence-corrected chi connectivity index (χ1v) is 6.70. The molecule has 1 aromatic carbocycles. The molecule has 0 radical (unpaired) electrons. The maximum absolute atomic E-state index is 11.6. The smallest absolute Gasteiger partial charge is 0.320 e. The lowest BCUT2D eigenvalue weighted by Crippen LogP contribution is -2.31. The molecule has 2 aromatic rings. The van der Waals surface area contributed by atoms with Crippen molar-refractivity contribution in [2.45, 2.75) is 32.9 Å². The van der Waals surface area contributed by atoms with Crippen molar-refractivity contribution >= 4 is 16.7 Å². The molecule has 0 amide bonds. The lowest BCUT2D eigenvalue weighted by atomic mass is 10.1. The summed E-state index contributed by atoms with van der Waals surface area (Å²) < 4.78 is 5.25. The van der Waals surface area contributed by atoms with Crippen LogP contribution in [-0.2, 0) is 16.1 Å². The molecule has 1 aromatic heterocycles. The number of ether oxygens (including phenoxy) is 1. The first-order chi connectivity index (χ1) is 9.46. The maximum Gasteiger partial charge on any atom is 0.320 e. The molecule has 0 aliphatic rings. The Morgan fingerprint density at radius 1 is 1.25 bits per heavy atom. The van der Waals surface area contributed by atoms with Crippen molar-refractivity contribution in [2.75, 3.05) is 6.54 Å². The summed E-state index contributed by atoms with van der Waals surface area (Å²) in [7, 11) is 0. The number of carbonyl (C=O) groups excluding carboxylic acids is 1. The fourth-order valence-corrected chi connectivity index (χ4v) is 2.00. The Labute approximate surface area is 119 Å². The number of hydrogen-bond donors (Lipinski definition) is 1. The number of hydrogen-bond acceptors (Lipinski definition) is 4. The van der Waals surface area contributed by atoms with E-state index in [1.807, 2.05) is 51.4 Å². The molecule has 4 heteroatoms. The molecule has 0 saturated heterocycles. The van der Waals surface area contributed by atoms with E-state index in [1.165, 1.54) is 0 Å². The largest absolute Gasteiger partial charge is 0.459 e. The van der Waals surface area contributed by atoms with E-state index >= 15 is 0 Å². The Morgan fingerprint density at radius 3 is 2.75 bits per heavy atom. The van der Waals surface area contributed by atoms with Crippen LogP contribution in [0, 0.1) is 0 Å². The van der Waals surface area contributed by atoms with Gasteiger partial charge in [0.05, 0.1) is 6.54 Å². The van der Waals surface area contributed by atoms with Crippen LogP contribution in [0.5, 0.6) is 0 Å². The van der Waals surface area contributed by atoms with Crippen molar-refractivity contribution in [3.8, 4) is 0 Å². The normalized spacial score (nSPS) is 11.6. The number of fused-ring (bicyclic) bond motifs is 1. The van der Waals surface area contributed by atoms with Crippen LogP contribution in [0.3, 0.4) is 0 Å². The van der Waals surface area contributed by atoms with Crippen LogP contribution in [0.1, 0.15) is 26.3 Å². The number of benzene rings is 1. The van der Waals surface area contributed by atoms with Crippen molar-refractivity contribution in [1.29, 1.82) is 0 Å². The van der Waals surface area contributed by atoms with E-state index in [2.05, 4.69) is 16.4 Å². The van der Waals surface area contributed by atoms with Crippen molar-refractivity contribution in [3.05, 3.63) is 42.2 Å². The molecule has 1 heterocycles. The Morgan fingerprint density at radius 2 is 2.00 bits per heavy atom. The third kappa shape index (κ3) is 4.03. The van der Waals surface area contributed by atoms with Crippen LogP contribution in [0.25, 0.3) is 10.8 Å². The van der Waals surface area contributed by atoms with Gasteiger partial charge in [-0.15, -0.1) is 0 Å². The van der Waals surface area contributed by atoms with E-state index in [1.54, 1.807) is 0 Å². The third-order valence-corrected chi connectivity index (χ3v) is 2.76. The summed E-state index contributed by atoms with van der Waals surface area (Å²) in [6.45, 7) is 6.37. The first kappa shape index (κ1) is 14.5. The summed E-state index contributed by atoms with van der Waals surface area (Å²) in [4.78, 5) is 15.8. The van der Waals surface area contributed by atoms with Gasteiger partial charge in [-0.25, -0.2) is 0 Å². The van der Waals surface area contributed by atoms with E-state index in [0.29, 0.717) is 6.54 Å². The number of pyridine rings is 1. The summed E-state index contributed by atoms with van der Waals surface area (Å²) >= 11 is 0. The molecule has 0 aliphatic heterocycles. The molecule has 0 unspecified atom stereocenters. The average Bonchev–Trinajstić information content (AvgIpc) is 2.37. The number of carbonyl (C=O) groups is 1. The summed E-state index contributed by atoms with van der Waals surface area (Å²) in [5.74, 6) is -0.245. The zero-order valence-corrected chi connectivity index (χ0v) is 12.1. The number of rotatable bonds is 4. The number of nitrogens with zero attached hydrogens (tertiary/aromatic N) is 1. The number of aromatic nitrogens is 1. The second-order valence-corrected chi connectivity index (χ2v) is 5.71. The van der Waals surface area contributed by atoms with Crippen LogP contribution >= 0.6 is 0 Å². The van der Waals surface area contributed by atoms with E-state index in [-0.39, 0.29) is 12.5 Å². The summed E-state index contributed by atoms with van der Waals surface area (Å²) in [6.07, 6.45) is 3.66. The minimum Gasteiger partial charge on any atom is -0.459 e. The van der Waals surface area contributed by atoms with E-state index in [4.69, 9.17) is 4.74 Å². The van der Waals surface area contributed by atoms with E-state index in [0.717, 1.165) is 16.3 Å². The number of nitrogens with one attached hydrogen (secondary N) is 1. The molecule has 2 rings (SSSR count). The number of esters is 1. The fraction of sp³-hybridized carbons (Fsp3) is 0.375. The summed E-state index contributed by atoms with van der Waals surface area (Å²) in [5, 5.41) is 5.35. The molecule has 4 nitrogen and oxygen atoms in total. The maximum atomic E-state index is 11.6. The second kappa shape index (κ2) is 6.01. The molecule has 1 N–H and O–H groups in total. The van der Waals surface area contributed by atoms with Gasteiger partial charge in [-0.2, -0.15) is 0 Å². The van der Waals surface area contributed by atoms with E-state index < -0.39 is 5.60 Å². The molecular weight excluding hydrogens is 252 g/mol. The quantitative estimate of drug-likeness (QED) is 0.869. The lowest BCUT2D eigenvalue weighted by molar-refractivity contribution is -0.153. The van der Waals surface area contributed by atoms with Gasteiger partial charge in [0.15, 0.2) is 0 Å². The summed E-state index contributed by atoms with van der Waals surface area (Å²) in [6, 6.07) is 8.07. The van der Waals surface area contributed by atoms with Gasteiger partial charge in [0, 0.05) is 24.3 Å². The van der Waals surface area contributed by atoms with Crippen LogP contribution in [0.2, 0.25) is 0 Å². The molecule has 106 valence electrons. The zero-order chi connectivity index (χ0) is 14.6. The Balaban J connectivity index is 1.95. The highest BCUT2D eigenvalue weighted by Crippen LogP contribution is 2.16. The van der Waals surface area contributed by atoms with Crippen molar-refractivity contribution < 1.29 is 9.53 Å². The standard InChI is InChI=1S/C16H20N2O2/c1-16(2,3)20-15(19)11-18-10-13-9-17-8-12-6-4-5-7-14(12)13/h4-9,18H,10-11H2,1-3H3. The lowest BCUT2D eigenvalue weighted by Gasteiger charge is -2.19. The topological polar surface area (TPSA) is 51.2 Å². The first-order valence-electron chi connectivity index (χ1n) is 6.70. The molecule has 0 atom stereocenters. The van der Waals surface area contributed by atoms with Gasteiger partial charge in [0.2, 0.25) is 0 Å². The Bertz CT molecular complexity index is 597. The van der Waals surface area contributed by atoms with Crippen LogP contribution in [0.4, 0.5) is 0 Å². The SMILES string of the molecule is CC(C)(C)OC(=O)CNCc1cncc2ccccc12.